The molecule has 1 heterocycles. The van der Waals surface area contributed by atoms with Gasteiger partial charge in [-0.1, -0.05) is 13.3 Å². The van der Waals surface area contributed by atoms with E-state index in [4.69, 9.17) is 5.26 Å². The van der Waals surface area contributed by atoms with Gasteiger partial charge >= 0.3 is 0 Å². The summed E-state index contributed by atoms with van der Waals surface area (Å²) >= 11 is 0. The molecule has 2 atom stereocenters. The average Bonchev–Trinajstić information content (AvgIpc) is 2.78. The van der Waals surface area contributed by atoms with Gasteiger partial charge in [0, 0.05) is 25.0 Å². The van der Waals surface area contributed by atoms with Crippen LogP contribution in [-0.4, -0.2) is 21.5 Å². The first-order valence-corrected chi connectivity index (χ1v) is 5.83. The van der Waals surface area contributed by atoms with Crippen LogP contribution in [0, 0.1) is 17.2 Å². The topological polar surface area (TPSA) is 70.7 Å². The number of carbonyl (C=O) groups excluding carboxylic acids is 1. The smallest absolute Gasteiger partial charge is 0.237 e. The highest BCUT2D eigenvalue weighted by atomic mass is 16.1. The molecule has 0 spiro atoms. The van der Waals surface area contributed by atoms with Gasteiger partial charge in [-0.25, -0.2) is 4.98 Å². The monoisotopic (exact) mass is 234 g/mol. The molecule has 0 saturated heterocycles. The van der Waals surface area contributed by atoms with Crippen LogP contribution < -0.4 is 5.32 Å². The van der Waals surface area contributed by atoms with E-state index in [1.165, 1.54) is 0 Å². The molecule has 2 unspecified atom stereocenters. The molecule has 0 aliphatic heterocycles. The van der Waals surface area contributed by atoms with Gasteiger partial charge in [-0.15, -0.1) is 0 Å². The Labute approximate surface area is 101 Å². The highest BCUT2D eigenvalue weighted by molar-refractivity contribution is 5.81. The Hall–Kier alpha value is -1.83. The summed E-state index contributed by atoms with van der Waals surface area (Å²) in [7, 11) is 0. The van der Waals surface area contributed by atoms with Crippen LogP contribution in [-0.2, 0) is 11.3 Å². The summed E-state index contributed by atoms with van der Waals surface area (Å²) < 4.78 is 1.89. The van der Waals surface area contributed by atoms with Crippen molar-refractivity contribution in [3.63, 3.8) is 0 Å². The molecule has 5 heteroatoms. The number of imidazole rings is 1. The third-order valence-electron chi connectivity index (χ3n) is 2.48. The van der Waals surface area contributed by atoms with Gasteiger partial charge in [0.2, 0.25) is 5.91 Å². The van der Waals surface area contributed by atoms with E-state index in [9.17, 15) is 4.79 Å². The maximum atomic E-state index is 11.7. The number of rotatable bonds is 6. The number of aromatic nitrogens is 2. The van der Waals surface area contributed by atoms with Crippen LogP contribution in [0.5, 0.6) is 0 Å². The average molecular weight is 234 g/mol. The predicted molar refractivity (Wildman–Crippen MR) is 63.8 cm³/mol. The summed E-state index contributed by atoms with van der Waals surface area (Å²) in [6, 6.07) is 2.03. The maximum Gasteiger partial charge on any atom is 0.237 e. The van der Waals surface area contributed by atoms with E-state index in [1.807, 2.05) is 30.7 Å². The summed E-state index contributed by atoms with van der Waals surface area (Å²) in [5.74, 6) is -0.716. The molecular weight excluding hydrogens is 216 g/mol. The van der Waals surface area contributed by atoms with Crippen molar-refractivity contribution in [1.29, 1.82) is 5.26 Å². The molecule has 0 aromatic carbocycles. The zero-order chi connectivity index (χ0) is 12.7. The van der Waals surface area contributed by atoms with Crippen LogP contribution in [0.2, 0.25) is 0 Å². The van der Waals surface area contributed by atoms with Gasteiger partial charge in [-0.05, 0) is 13.3 Å². The molecule has 5 nitrogen and oxygen atoms in total. The van der Waals surface area contributed by atoms with Gasteiger partial charge < -0.3 is 9.88 Å². The van der Waals surface area contributed by atoms with Crippen LogP contribution in [0.3, 0.4) is 0 Å². The Morgan fingerprint density at radius 1 is 1.65 bits per heavy atom. The second-order valence-corrected chi connectivity index (χ2v) is 4.14. The lowest BCUT2D eigenvalue weighted by molar-refractivity contribution is -0.124. The Morgan fingerprint density at radius 2 is 2.41 bits per heavy atom. The third kappa shape index (κ3) is 4.27. The van der Waals surface area contributed by atoms with E-state index in [0.29, 0.717) is 13.0 Å². The van der Waals surface area contributed by atoms with E-state index in [0.717, 1.165) is 6.42 Å². The van der Waals surface area contributed by atoms with Crippen molar-refractivity contribution in [2.24, 2.45) is 5.92 Å². The van der Waals surface area contributed by atoms with Crippen molar-refractivity contribution in [1.82, 2.24) is 14.9 Å². The van der Waals surface area contributed by atoms with E-state index in [1.54, 1.807) is 12.5 Å². The lowest BCUT2D eigenvalue weighted by Gasteiger charge is -2.16. The molecule has 1 aromatic rings. The van der Waals surface area contributed by atoms with Crippen molar-refractivity contribution < 1.29 is 4.79 Å². The van der Waals surface area contributed by atoms with E-state index < -0.39 is 5.92 Å². The first kappa shape index (κ1) is 13.2. The summed E-state index contributed by atoms with van der Waals surface area (Å²) in [4.78, 5) is 15.7. The predicted octanol–water partition coefficient (Wildman–Crippen LogP) is 1.33. The molecule has 92 valence electrons. The lowest BCUT2D eigenvalue weighted by atomic mass is 10.0. The second-order valence-electron chi connectivity index (χ2n) is 4.14. The number of nitriles is 1. The third-order valence-corrected chi connectivity index (χ3v) is 2.48. The fraction of sp³-hybridized carbons (Fsp3) is 0.583. The lowest BCUT2D eigenvalue weighted by Crippen LogP contribution is -2.39. The number of hydrogen-bond acceptors (Lipinski definition) is 3. The molecule has 1 amide bonds. The molecule has 0 bridgehead atoms. The van der Waals surface area contributed by atoms with Crippen molar-refractivity contribution >= 4 is 5.91 Å². The number of nitrogens with zero attached hydrogens (tertiary/aromatic N) is 3. The Morgan fingerprint density at radius 3 is 2.94 bits per heavy atom. The Balaban J connectivity index is 2.42. The first-order valence-electron chi connectivity index (χ1n) is 5.83. The first-order chi connectivity index (χ1) is 8.17. The second kappa shape index (κ2) is 6.69. The fourth-order valence-electron chi connectivity index (χ4n) is 1.64. The fourth-order valence-corrected chi connectivity index (χ4v) is 1.64. The molecule has 1 N–H and O–H groups in total. The normalized spacial score (nSPS) is 13.7. The van der Waals surface area contributed by atoms with Crippen LogP contribution in [0.1, 0.15) is 26.7 Å². The maximum absolute atomic E-state index is 11.7. The highest BCUT2D eigenvalue weighted by Crippen LogP contribution is 2.05. The van der Waals surface area contributed by atoms with Crippen molar-refractivity contribution in [3.05, 3.63) is 18.7 Å². The highest BCUT2D eigenvalue weighted by Gasteiger charge is 2.18. The van der Waals surface area contributed by atoms with Gasteiger partial charge in [-0.2, -0.15) is 5.26 Å². The van der Waals surface area contributed by atoms with Gasteiger partial charge in [0.1, 0.15) is 5.92 Å². The number of amides is 1. The van der Waals surface area contributed by atoms with Gasteiger partial charge in [-0.3, -0.25) is 4.79 Å². The molecule has 1 rings (SSSR count). The summed E-state index contributed by atoms with van der Waals surface area (Å²) in [5.41, 5.74) is 0. The van der Waals surface area contributed by atoms with Crippen LogP contribution in [0.4, 0.5) is 0 Å². The van der Waals surface area contributed by atoms with Gasteiger partial charge in [0.15, 0.2) is 0 Å². The molecule has 0 radical (unpaired) electrons. The minimum absolute atomic E-state index is 0.00981. The van der Waals surface area contributed by atoms with Crippen molar-refractivity contribution in [2.75, 3.05) is 0 Å². The number of hydrogen-bond donors (Lipinski definition) is 1. The molecule has 0 saturated carbocycles. The van der Waals surface area contributed by atoms with E-state index in [-0.39, 0.29) is 11.9 Å². The summed E-state index contributed by atoms with van der Waals surface area (Å²) in [5, 5.41) is 11.7. The largest absolute Gasteiger partial charge is 0.351 e. The van der Waals surface area contributed by atoms with E-state index in [2.05, 4.69) is 10.3 Å². The molecule has 0 aliphatic rings. The molecule has 1 aromatic heterocycles. The number of nitrogens with one attached hydrogen (secondary N) is 1. The Bertz CT molecular complexity index is 380. The minimum atomic E-state index is -0.537. The van der Waals surface area contributed by atoms with Crippen molar-refractivity contribution in [2.45, 2.75) is 39.3 Å². The number of carbonyl (C=O) groups is 1. The summed E-state index contributed by atoms with van der Waals surface area (Å²) in [6.07, 6.45) is 6.69. The Kier molecular flexibility index (Phi) is 5.21. The van der Waals surface area contributed by atoms with Crippen molar-refractivity contribution in [3.8, 4) is 6.07 Å². The zero-order valence-corrected chi connectivity index (χ0v) is 10.3. The quantitative estimate of drug-likeness (QED) is 0.807. The summed E-state index contributed by atoms with van der Waals surface area (Å²) in [6.45, 7) is 4.54. The zero-order valence-electron chi connectivity index (χ0n) is 10.3. The van der Waals surface area contributed by atoms with Gasteiger partial charge in [0.25, 0.3) is 0 Å². The van der Waals surface area contributed by atoms with Crippen LogP contribution in [0.15, 0.2) is 18.7 Å². The van der Waals surface area contributed by atoms with E-state index >= 15 is 0 Å². The molecule has 0 aliphatic carbocycles. The van der Waals surface area contributed by atoms with Gasteiger partial charge in [0.05, 0.1) is 12.4 Å². The molecular formula is C12H18N4O. The molecule has 0 fully saturated rings. The molecule has 17 heavy (non-hydrogen) atoms. The van der Waals surface area contributed by atoms with Crippen LogP contribution >= 0.6 is 0 Å². The standard InChI is InChI=1S/C12H18N4O/c1-3-4-11(7-13)12(17)15-10(2)8-16-6-5-14-9-16/h5-6,9-11H,3-4,8H2,1-2H3,(H,15,17). The minimum Gasteiger partial charge on any atom is -0.351 e. The SMILES string of the molecule is CCCC(C#N)C(=O)NC(C)Cn1ccnc1. The van der Waals surface area contributed by atoms with Crippen LogP contribution in [0.25, 0.3) is 0 Å².